The Kier molecular flexibility index (Phi) is 2.11. The molecule has 78 valence electrons. The minimum absolute atomic E-state index is 0.0674. The predicted molar refractivity (Wildman–Crippen MR) is 67.9 cm³/mol. The van der Waals surface area contributed by atoms with Crippen LogP contribution in [-0.2, 0) is 0 Å². The number of nitrogens with one attached hydrogen (secondary N) is 1. The molecule has 3 rings (SSSR count). The number of hydrogen-bond acceptors (Lipinski definition) is 2. The number of pyridine rings is 1. The average Bonchev–Trinajstić information content (AvgIpc) is 2.82. The number of para-hydroxylation sites is 1. The lowest BCUT2D eigenvalue weighted by molar-refractivity contribution is 1.40. The van der Waals surface area contributed by atoms with Gasteiger partial charge in [-0.15, -0.1) is 11.3 Å². The summed E-state index contributed by atoms with van der Waals surface area (Å²) in [4.78, 5) is 16.2. The third-order valence-corrected chi connectivity index (χ3v) is 3.43. The molecule has 2 nitrogen and oxygen atoms in total. The minimum Gasteiger partial charge on any atom is -0.354 e. The summed E-state index contributed by atoms with van der Waals surface area (Å²) in [6, 6.07) is 13.2. The Morgan fingerprint density at radius 1 is 1.06 bits per heavy atom. The number of rotatable bonds is 1. The average molecular weight is 227 g/mol. The summed E-state index contributed by atoms with van der Waals surface area (Å²) >= 11 is 1.62. The first-order chi connectivity index (χ1) is 7.84. The Balaban J connectivity index is 2.34. The van der Waals surface area contributed by atoms with Crippen LogP contribution in [0.2, 0.25) is 0 Å². The predicted octanol–water partition coefficient (Wildman–Crippen LogP) is 3.26. The van der Waals surface area contributed by atoms with E-state index in [-0.39, 0.29) is 5.43 Å². The van der Waals surface area contributed by atoms with Crippen LogP contribution in [0.25, 0.3) is 21.5 Å². The van der Waals surface area contributed by atoms with E-state index in [9.17, 15) is 4.79 Å². The van der Waals surface area contributed by atoms with Crippen LogP contribution in [0.4, 0.5) is 0 Å². The van der Waals surface area contributed by atoms with Crippen molar-refractivity contribution >= 4 is 22.2 Å². The van der Waals surface area contributed by atoms with Crippen LogP contribution in [0, 0.1) is 0 Å². The van der Waals surface area contributed by atoms with Crippen molar-refractivity contribution in [3.63, 3.8) is 0 Å². The second-order valence-corrected chi connectivity index (χ2v) is 4.52. The lowest BCUT2D eigenvalue weighted by atomic mass is 10.2. The van der Waals surface area contributed by atoms with E-state index >= 15 is 0 Å². The number of aromatic nitrogens is 1. The fraction of sp³-hybridized carbons (Fsp3) is 0. The molecule has 0 radical (unpaired) electrons. The van der Waals surface area contributed by atoms with Gasteiger partial charge in [-0.3, -0.25) is 4.79 Å². The Morgan fingerprint density at radius 2 is 1.94 bits per heavy atom. The number of thiophene rings is 1. The van der Waals surface area contributed by atoms with Crippen LogP contribution in [0.3, 0.4) is 0 Å². The molecule has 0 aliphatic carbocycles. The van der Waals surface area contributed by atoms with Gasteiger partial charge in [0.05, 0.1) is 10.6 Å². The van der Waals surface area contributed by atoms with Crippen molar-refractivity contribution in [2.75, 3.05) is 0 Å². The van der Waals surface area contributed by atoms with E-state index < -0.39 is 0 Å². The van der Waals surface area contributed by atoms with Gasteiger partial charge in [0.15, 0.2) is 5.43 Å². The molecule has 0 aliphatic heterocycles. The van der Waals surface area contributed by atoms with Crippen molar-refractivity contribution in [2.24, 2.45) is 0 Å². The normalized spacial score (nSPS) is 10.8. The molecule has 0 amide bonds. The van der Waals surface area contributed by atoms with Gasteiger partial charge in [0.25, 0.3) is 0 Å². The smallest absolute Gasteiger partial charge is 0.190 e. The molecule has 0 saturated heterocycles. The number of hydrogen-bond donors (Lipinski definition) is 1. The molecule has 0 fully saturated rings. The van der Waals surface area contributed by atoms with Crippen LogP contribution in [0.5, 0.6) is 0 Å². The molecule has 1 N–H and O–H groups in total. The largest absolute Gasteiger partial charge is 0.354 e. The van der Waals surface area contributed by atoms with E-state index in [1.807, 2.05) is 41.8 Å². The number of benzene rings is 1. The summed E-state index contributed by atoms with van der Waals surface area (Å²) in [6.45, 7) is 0. The Morgan fingerprint density at radius 3 is 2.75 bits per heavy atom. The van der Waals surface area contributed by atoms with E-state index in [0.29, 0.717) is 0 Å². The maximum Gasteiger partial charge on any atom is 0.190 e. The fourth-order valence-electron chi connectivity index (χ4n) is 1.76. The van der Waals surface area contributed by atoms with Gasteiger partial charge >= 0.3 is 0 Å². The molecule has 2 aromatic heterocycles. The maximum absolute atomic E-state index is 11.9. The standard InChI is InChI=1S/C13H9NOS/c15-12-8-11(13-6-3-7-16-13)14-10-5-2-1-4-9(10)12/h1-8H,(H,14,15). The van der Waals surface area contributed by atoms with Crippen molar-refractivity contribution in [3.05, 3.63) is 58.1 Å². The zero-order valence-corrected chi connectivity index (χ0v) is 9.25. The van der Waals surface area contributed by atoms with Gasteiger partial charge in [-0.25, -0.2) is 0 Å². The molecule has 1 aromatic carbocycles. The second kappa shape index (κ2) is 3.61. The van der Waals surface area contributed by atoms with Gasteiger partial charge < -0.3 is 4.98 Å². The summed E-state index contributed by atoms with van der Waals surface area (Å²) in [5, 5.41) is 2.74. The van der Waals surface area contributed by atoms with E-state index in [4.69, 9.17) is 0 Å². The highest BCUT2D eigenvalue weighted by Crippen LogP contribution is 2.22. The molecule has 0 spiro atoms. The first kappa shape index (κ1) is 9.36. The van der Waals surface area contributed by atoms with Gasteiger partial charge in [-0.2, -0.15) is 0 Å². The number of H-pyrrole nitrogens is 1. The van der Waals surface area contributed by atoms with Gasteiger partial charge in [0, 0.05) is 17.0 Å². The van der Waals surface area contributed by atoms with Gasteiger partial charge in [0.1, 0.15) is 0 Å². The highest BCUT2D eigenvalue weighted by atomic mass is 32.1. The third-order valence-electron chi connectivity index (χ3n) is 2.52. The zero-order chi connectivity index (χ0) is 11.0. The molecular formula is C13H9NOS. The van der Waals surface area contributed by atoms with Crippen LogP contribution in [0.1, 0.15) is 0 Å². The van der Waals surface area contributed by atoms with Crippen molar-refractivity contribution in [3.8, 4) is 10.6 Å². The second-order valence-electron chi connectivity index (χ2n) is 3.57. The SMILES string of the molecule is O=c1cc(-c2cccs2)[nH]c2ccccc12. The van der Waals surface area contributed by atoms with E-state index in [2.05, 4.69) is 4.98 Å². The van der Waals surface area contributed by atoms with Crippen molar-refractivity contribution < 1.29 is 0 Å². The summed E-state index contributed by atoms with van der Waals surface area (Å²) in [7, 11) is 0. The zero-order valence-electron chi connectivity index (χ0n) is 8.44. The molecular weight excluding hydrogens is 218 g/mol. The molecule has 3 aromatic rings. The van der Waals surface area contributed by atoms with Crippen LogP contribution < -0.4 is 5.43 Å². The quantitative estimate of drug-likeness (QED) is 0.680. The monoisotopic (exact) mass is 227 g/mol. The molecule has 0 saturated carbocycles. The van der Waals surface area contributed by atoms with E-state index in [1.54, 1.807) is 17.4 Å². The van der Waals surface area contributed by atoms with Crippen LogP contribution in [-0.4, -0.2) is 4.98 Å². The molecule has 0 aliphatic rings. The molecule has 0 unspecified atom stereocenters. The lowest BCUT2D eigenvalue weighted by Crippen LogP contribution is -2.01. The lowest BCUT2D eigenvalue weighted by Gasteiger charge is -2.01. The summed E-state index contributed by atoms with van der Waals surface area (Å²) in [6.07, 6.45) is 0. The van der Waals surface area contributed by atoms with Crippen molar-refractivity contribution in [2.45, 2.75) is 0 Å². The first-order valence-corrected chi connectivity index (χ1v) is 5.88. The van der Waals surface area contributed by atoms with E-state index in [1.165, 1.54) is 0 Å². The van der Waals surface area contributed by atoms with Gasteiger partial charge in [-0.05, 0) is 23.6 Å². The highest BCUT2D eigenvalue weighted by molar-refractivity contribution is 7.13. The van der Waals surface area contributed by atoms with Crippen LogP contribution >= 0.6 is 11.3 Å². The highest BCUT2D eigenvalue weighted by Gasteiger charge is 2.03. The van der Waals surface area contributed by atoms with Crippen LogP contribution in [0.15, 0.2) is 52.6 Å². The molecule has 0 bridgehead atoms. The summed E-state index contributed by atoms with van der Waals surface area (Å²) in [5.41, 5.74) is 1.84. The molecule has 3 heteroatoms. The van der Waals surface area contributed by atoms with Gasteiger partial charge in [-0.1, -0.05) is 18.2 Å². The van der Waals surface area contributed by atoms with Crippen molar-refractivity contribution in [1.82, 2.24) is 4.98 Å². The molecule has 16 heavy (non-hydrogen) atoms. The van der Waals surface area contributed by atoms with Gasteiger partial charge in [0.2, 0.25) is 0 Å². The molecule has 0 atom stereocenters. The Hall–Kier alpha value is -1.87. The fourth-order valence-corrected chi connectivity index (χ4v) is 2.46. The summed E-state index contributed by atoms with van der Waals surface area (Å²) in [5.74, 6) is 0. The summed E-state index contributed by atoms with van der Waals surface area (Å²) < 4.78 is 0. The number of fused-ring (bicyclic) bond motifs is 1. The topological polar surface area (TPSA) is 32.9 Å². The number of aromatic amines is 1. The Bertz CT molecular complexity index is 682. The van der Waals surface area contributed by atoms with E-state index in [0.717, 1.165) is 21.5 Å². The maximum atomic E-state index is 11.9. The first-order valence-electron chi connectivity index (χ1n) is 5.00. The van der Waals surface area contributed by atoms with Crippen molar-refractivity contribution in [1.29, 1.82) is 0 Å². The molecule has 2 heterocycles. The Labute approximate surface area is 96.2 Å². The minimum atomic E-state index is 0.0674. The third kappa shape index (κ3) is 1.46.